The number of benzene rings is 2. The summed E-state index contributed by atoms with van der Waals surface area (Å²) in [6.07, 6.45) is 3.96. The zero-order chi connectivity index (χ0) is 25.4. The van der Waals surface area contributed by atoms with Crippen molar-refractivity contribution in [1.82, 2.24) is 20.0 Å². The van der Waals surface area contributed by atoms with Crippen molar-refractivity contribution in [2.24, 2.45) is 10.7 Å². The van der Waals surface area contributed by atoms with E-state index in [0.717, 1.165) is 30.6 Å². The van der Waals surface area contributed by atoms with Crippen molar-refractivity contribution in [3.8, 4) is 0 Å². The van der Waals surface area contributed by atoms with Gasteiger partial charge in [-0.3, -0.25) is 14.5 Å². The summed E-state index contributed by atoms with van der Waals surface area (Å²) in [5.41, 5.74) is 9.50. The number of hydrogen-bond acceptors (Lipinski definition) is 6. The van der Waals surface area contributed by atoms with Crippen LogP contribution in [-0.2, 0) is 11.2 Å². The third-order valence-electron chi connectivity index (χ3n) is 7.64. The smallest absolute Gasteiger partial charge is 0.263 e. The van der Waals surface area contributed by atoms with Crippen molar-refractivity contribution < 1.29 is 9.59 Å². The van der Waals surface area contributed by atoms with Crippen LogP contribution in [0.15, 0.2) is 71.0 Å². The fourth-order valence-corrected chi connectivity index (χ4v) is 5.85. The first kappa shape index (κ1) is 24.1. The number of aliphatic imine (C=N–C) groups is 1. The number of fused-ring (bicyclic) bond motifs is 3. The van der Waals surface area contributed by atoms with Crippen LogP contribution in [0.4, 0.5) is 5.69 Å². The SMILES string of the molecule is CC(=O)c1ccc(CCNC2=C(C(N)=Nc3ccccc3)C(=O)N(C)C3N(C)[C@@H]4CCC[C@@H]4N23)cc1. The van der Waals surface area contributed by atoms with Gasteiger partial charge in [0.25, 0.3) is 5.91 Å². The number of likely N-dealkylation sites (N-methyl/N-ethyl adjacent to an activating group) is 2. The summed E-state index contributed by atoms with van der Waals surface area (Å²) >= 11 is 0. The number of nitrogens with two attached hydrogens (primary N) is 1. The van der Waals surface area contributed by atoms with Gasteiger partial charge in [-0.2, -0.15) is 0 Å². The van der Waals surface area contributed by atoms with E-state index in [0.29, 0.717) is 35.5 Å². The molecule has 0 bridgehead atoms. The standard InChI is InChI=1S/C28H34N6O2/c1-18(35)20-14-12-19(13-15-20)16-17-30-26-24(25(29)31-21-8-5-4-6-9-21)27(36)33(3)28-32(2)22-10-7-11-23(22)34(26)28/h4-6,8-9,12-15,22-23,28,30H,7,10-11,16-17H2,1-3H3,(H2,29,31)/t22-,23+,28?/m1/s1. The van der Waals surface area contributed by atoms with Crippen LogP contribution in [0.25, 0.3) is 0 Å². The molecule has 188 valence electrons. The van der Waals surface area contributed by atoms with Gasteiger partial charge in [0.1, 0.15) is 17.2 Å². The lowest BCUT2D eigenvalue weighted by Gasteiger charge is -2.44. The molecule has 2 aromatic carbocycles. The number of rotatable bonds is 7. The second kappa shape index (κ2) is 9.78. The van der Waals surface area contributed by atoms with Crippen LogP contribution in [0, 0.1) is 0 Å². The van der Waals surface area contributed by atoms with E-state index < -0.39 is 0 Å². The first-order valence-corrected chi connectivity index (χ1v) is 12.6. The van der Waals surface area contributed by atoms with Crippen LogP contribution in [0.1, 0.15) is 42.1 Å². The number of nitrogens with one attached hydrogen (secondary N) is 1. The van der Waals surface area contributed by atoms with Crippen LogP contribution in [-0.4, -0.2) is 71.2 Å². The maximum atomic E-state index is 13.7. The second-order valence-electron chi connectivity index (χ2n) is 9.89. The summed E-state index contributed by atoms with van der Waals surface area (Å²) in [6, 6.07) is 17.9. The molecule has 1 unspecified atom stereocenters. The molecule has 3 N–H and O–H groups in total. The van der Waals surface area contributed by atoms with Gasteiger partial charge in [0, 0.05) is 31.2 Å². The maximum Gasteiger partial charge on any atom is 0.263 e. The van der Waals surface area contributed by atoms with E-state index in [9.17, 15) is 9.59 Å². The predicted molar refractivity (Wildman–Crippen MR) is 140 cm³/mol. The molecule has 36 heavy (non-hydrogen) atoms. The molecule has 1 amide bonds. The minimum absolute atomic E-state index is 0.0581. The van der Waals surface area contributed by atoms with Crippen molar-refractivity contribution in [3.63, 3.8) is 0 Å². The van der Waals surface area contributed by atoms with Gasteiger partial charge in [0.2, 0.25) is 0 Å². The number of ketones is 1. The highest BCUT2D eigenvalue weighted by molar-refractivity contribution is 6.21. The van der Waals surface area contributed by atoms with Crippen LogP contribution < -0.4 is 11.1 Å². The summed E-state index contributed by atoms with van der Waals surface area (Å²) < 4.78 is 0. The Morgan fingerprint density at radius 2 is 1.75 bits per heavy atom. The van der Waals surface area contributed by atoms with E-state index in [-0.39, 0.29) is 23.8 Å². The number of amides is 1. The number of amidine groups is 1. The lowest BCUT2D eigenvalue weighted by atomic mass is 10.1. The maximum absolute atomic E-state index is 13.7. The number of carbonyl (C=O) groups excluding carboxylic acids is 2. The highest BCUT2D eigenvalue weighted by Gasteiger charge is 2.54. The molecule has 1 saturated heterocycles. The first-order chi connectivity index (χ1) is 17.4. The molecule has 3 atom stereocenters. The molecule has 1 aliphatic carbocycles. The highest BCUT2D eigenvalue weighted by Crippen LogP contribution is 2.42. The van der Waals surface area contributed by atoms with Crippen LogP contribution in [0.5, 0.6) is 0 Å². The highest BCUT2D eigenvalue weighted by atomic mass is 16.2. The van der Waals surface area contributed by atoms with E-state index in [1.165, 1.54) is 6.42 Å². The molecular formula is C28H34N6O2. The number of nitrogens with zero attached hydrogens (tertiary/aromatic N) is 4. The van der Waals surface area contributed by atoms with Gasteiger partial charge in [-0.25, -0.2) is 4.99 Å². The Kier molecular flexibility index (Phi) is 6.53. The average Bonchev–Trinajstić information content (AvgIpc) is 3.45. The van der Waals surface area contributed by atoms with Gasteiger partial charge in [-0.1, -0.05) is 42.5 Å². The second-order valence-corrected chi connectivity index (χ2v) is 9.89. The zero-order valence-electron chi connectivity index (χ0n) is 21.1. The molecular weight excluding hydrogens is 452 g/mol. The average molecular weight is 487 g/mol. The number of hydrogen-bond donors (Lipinski definition) is 2. The molecule has 2 aliphatic heterocycles. The van der Waals surface area contributed by atoms with Gasteiger partial charge >= 0.3 is 0 Å². The summed E-state index contributed by atoms with van der Waals surface area (Å²) in [4.78, 5) is 36.3. The fraction of sp³-hybridized carbons (Fsp3) is 0.393. The summed E-state index contributed by atoms with van der Waals surface area (Å²) in [7, 11) is 3.96. The molecule has 2 aromatic rings. The third-order valence-corrected chi connectivity index (χ3v) is 7.64. The molecule has 2 heterocycles. The molecule has 3 aliphatic rings. The minimum atomic E-state index is -0.154. The summed E-state index contributed by atoms with van der Waals surface area (Å²) in [6.45, 7) is 2.20. The monoisotopic (exact) mass is 486 g/mol. The van der Waals surface area contributed by atoms with Crippen LogP contribution in [0.2, 0.25) is 0 Å². The number of para-hydroxylation sites is 1. The van der Waals surface area contributed by atoms with Crippen molar-refractivity contribution in [3.05, 3.63) is 77.1 Å². The normalized spacial score (nSPS) is 24.2. The topological polar surface area (TPSA) is 94.3 Å². The van der Waals surface area contributed by atoms with E-state index in [4.69, 9.17) is 5.73 Å². The largest absolute Gasteiger partial charge is 0.383 e. The third kappa shape index (κ3) is 4.26. The van der Waals surface area contributed by atoms with E-state index >= 15 is 0 Å². The predicted octanol–water partition coefficient (Wildman–Crippen LogP) is 2.85. The Morgan fingerprint density at radius 1 is 1.06 bits per heavy atom. The fourth-order valence-electron chi connectivity index (χ4n) is 5.85. The lowest BCUT2D eigenvalue weighted by Crippen LogP contribution is -2.60. The first-order valence-electron chi connectivity index (χ1n) is 12.6. The van der Waals surface area contributed by atoms with Gasteiger partial charge in [0.15, 0.2) is 12.1 Å². The Morgan fingerprint density at radius 3 is 2.44 bits per heavy atom. The van der Waals surface area contributed by atoms with Crippen molar-refractivity contribution in [2.45, 2.75) is 51.0 Å². The minimum Gasteiger partial charge on any atom is -0.383 e. The van der Waals surface area contributed by atoms with E-state index in [2.05, 4.69) is 27.2 Å². The Hall–Kier alpha value is -3.65. The van der Waals surface area contributed by atoms with Crippen LogP contribution >= 0.6 is 0 Å². The van der Waals surface area contributed by atoms with Crippen molar-refractivity contribution >= 4 is 23.2 Å². The summed E-state index contributed by atoms with van der Waals surface area (Å²) in [5, 5.41) is 3.58. The number of Topliss-reactive ketones (excluding diaryl/α,β-unsaturated/α-hetero) is 1. The molecule has 5 rings (SSSR count). The summed E-state index contributed by atoms with van der Waals surface area (Å²) in [5.74, 6) is 0.909. The molecule has 0 aromatic heterocycles. The molecule has 8 heteroatoms. The van der Waals surface area contributed by atoms with Gasteiger partial charge < -0.3 is 20.9 Å². The van der Waals surface area contributed by atoms with Gasteiger partial charge in [-0.15, -0.1) is 0 Å². The van der Waals surface area contributed by atoms with Crippen molar-refractivity contribution in [1.29, 1.82) is 0 Å². The number of carbonyl (C=O) groups is 2. The Bertz CT molecular complexity index is 1210. The van der Waals surface area contributed by atoms with Gasteiger partial charge in [0.05, 0.1) is 5.69 Å². The zero-order valence-corrected chi connectivity index (χ0v) is 21.1. The molecule has 0 radical (unpaired) electrons. The molecule has 1 saturated carbocycles. The van der Waals surface area contributed by atoms with E-state index in [1.807, 2.05) is 61.6 Å². The molecule has 0 spiro atoms. The molecule has 2 fully saturated rings. The molecule has 8 nitrogen and oxygen atoms in total. The van der Waals surface area contributed by atoms with Crippen molar-refractivity contribution in [2.75, 3.05) is 20.6 Å². The van der Waals surface area contributed by atoms with Crippen LogP contribution in [0.3, 0.4) is 0 Å². The Labute approximate surface area is 212 Å². The van der Waals surface area contributed by atoms with E-state index in [1.54, 1.807) is 11.8 Å². The quantitative estimate of drug-likeness (QED) is 0.355. The van der Waals surface area contributed by atoms with Gasteiger partial charge in [-0.05, 0) is 57.4 Å². The Balaban J connectivity index is 1.49. The lowest BCUT2D eigenvalue weighted by molar-refractivity contribution is -0.137.